The van der Waals surface area contributed by atoms with E-state index in [0.717, 1.165) is 54.5 Å². The summed E-state index contributed by atoms with van der Waals surface area (Å²) in [6.07, 6.45) is 5.24. The zero-order chi connectivity index (χ0) is 22.5. The van der Waals surface area contributed by atoms with Crippen LogP contribution in [0.25, 0.3) is 10.9 Å². The first kappa shape index (κ1) is 22.3. The summed E-state index contributed by atoms with van der Waals surface area (Å²) in [7, 11) is 4.04. The summed E-state index contributed by atoms with van der Waals surface area (Å²) < 4.78 is 0. The van der Waals surface area contributed by atoms with Gasteiger partial charge in [-0.15, -0.1) is 0 Å². The lowest BCUT2D eigenvalue weighted by Gasteiger charge is -2.30. The van der Waals surface area contributed by atoms with Crippen LogP contribution >= 0.6 is 12.2 Å². The molecule has 1 aromatic heterocycles. The van der Waals surface area contributed by atoms with Gasteiger partial charge in [0, 0.05) is 37.3 Å². The lowest BCUT2D eigenvalue weighted by atomic mass is 9.91. The molecule has 0 aliphatic heterocycles. The fraction of sp³-hybridized carbons (Fsp3) is 0.400. The molecule has 3 aromatic rings. The van der Waals surface area contributed by atoms with E-state index in [9.17, 15) is 0 Å². The number of anilines is 3. The van der Waals surface area contributed by atoms with Crippen LogP contribution in [0.4, 0.5) is 17.5 Å². The van der Waals surface area contributed by atoms with Gasteiger partial charge in [-0.1, -0.05) is 31.2 Å². The van der Waals surface area contributed by atoms with Crippen molar-refractivity contribution < 1.29 is 0 Å². The third-order valence-electron chi connectivity index (χ3n) is 6.00. The first-order valence-electron chi connectivity index (χ1n) is 11.4. The van der Waals surface area contributed by atoms with Crippen LogP contribution in [0.1, 0.15) is 38.2 Å². The number of nitrogens with zero attached hydrogens (tertiary/aromatic N) is 3. The molecule has 0 bridgehead atoms. The van der Waals surface area contributed by atoms with E-state index in [4.69, 9.17) is 22.2 Å². The average molecular weight is 449 g/mol. The number of hydrogen-bond acceptors (Lipinski definition) is 5. The van der Waals surface area contributed by atoms with Crippen LogP contribution in [0, 0.1) is 0 Å². The second-order valence-electron chi connectivity index (χ2n) is 8.63. The van der Waals surface area contributed by atoms with Crippen molar-refractivity contribution in [2.24, 2.45) is 0 Å². The molecular formula is C25H32N6S. The Kier molecular flexibility index (Phi) is 7.05. The summed E-state index contributed by atoms with van der Waals surface area (Å²) in [5, 5.41) is 12.2. The van der Waals surface area contributed by atoms with E-state index in [1.54, 1.807) is 0 Å². The van der Waals surface area contributed by atoms with Gasteiger partial charge in [-0.25, -0.2) is 4.98 Å². The highest BCUT2D eigenvalue weighted by atomic mass is 32.1. The minimum absolute atomic E-state index is 0.368. The molecular weight excluding hydrogens is 416 g/mol. The monoisotopic (exact) mass is 448 g/mol. The molecule has 1 saturated carbocycles. The lowest BCUT2D eigenvalue weighted by molar-refractivity contribution is 0.387. The standard InChI is InChI=1S/C25H32N6S/c1-4-17-8-7-9-20(16-17)28-25(32)27-19-14-12-18(13-15-19)26-24-29-22-11-6-5-10-21(22)23(30-24)31(2)3/h5-11,16,18-19H,4,12-15H2,1-3H3,(H,26,29,30)(H2,27,28,32)/t18-,19+. The SMILES string of the molecule is CCc1cccc(NC(=S)N[C@H]2CC[C@@H](Nc3nc(N(C)C)c4ccccc4n3)CC2)c1. The topological polar surface area (TPSA) is 65.1 Å². The van der Waals surface area contributed by atoms with E-state index in [1.165, 1.54) is 5.56 Å². The number of aromatic nitrogens is 2. The molecule has 0 amide bonds. The van der Waals surface area contributed by atoms with Gasteiger partial charge in [-0.2, -0.15) is 4.98 Å². The Morgan fingerprint density at radius 2 is 1.75 bits per heavy atom. The average Bonchev–Trinajstić information content (AvgIpc) is 2.80. The van der Waals surface area contributed by atoms with E-state index in [-0.39, 0.29) is 0 Å². The molecule has 1 heterocycles. The van der Waals surface area contributed by atoms with Gasteiger partial charge in [0.15, 0.2) is 5.11 Å². The molecule has 1 fully saturated rings. The van der Waals surface area contributed by atoms with Crippen LogP contribution in [-0.4, -0.2) is 41.3 Å². The van der Waals surface area contributed by atoms with E-state index < -0.39 is 0 Å². The van der Waals surface area contributed by atoms with E-state index in [2.05, 4.69) is 53.2 Å². The predicted octanol–water partition coefficient (Wildman–Crippen LogP) is 4.97. The lowest BCUT2D eigenvalue weighted by Crippen LogP contribution is -2.42. The number of thiocarbonyl (C=S) groups is 1. The Morgan fingerprint density at radius 3 is 2.50 bits per heavy atom. The third kappa shape index (κ3) is 5.46. The maximum absolute atomic E-state index is 5.55. The molecule has 0 spiro atoms. The van der Waals surface area contributed by atoms with Crippen molar-refractivity contribution >= 4 is 45.7 Å². The summed E-state index contributed by atoms with van der Waals surface area (Å²) in [5.41, 5.74) is 3.31. The van der Waals surface area contributed by atoms with Crippen LogP contribution in [0.5, 0.6) is 0 Å². The molecule has 0 unspecified atom stereocenters. The number of fused-ring (bicyclic) bond motifs is 1. The summed E-state index contributed by atoms with van der Waals surface area (Å²) in [6.45, 7) is 2.16. The highest BCUT2D eigenvalue weighted by Gasteiger charge is 2.23. The Hall–Kier alpha value is -2.93. The number of aryl methyl sites for hydroxylation is 1. The van der Waals surface area contributed by atoms with E-state index in [0.29, 0.717) is 23.1 Å². The highest BCUT2D eigenvalue weighted by molar-refractivity contribution is 7.80. The number of rotatable bonds is 6. The Morgan fingerprint density at radius 1 is 1.00 bits per heavy atom. The third-order valence-corrected chi connectivity index (χ3v) is 6.22. The first-order chi connectivity index (χ1) is 15.5. The van der Waals surface area contributed by atoms with Crippen LogP contribution < -0.4 is 20.9 Å². The summed E-state index contributed by atoms with van der Waals surface area (Å²) >= 11 is 5.55. The van der Waals surface area contributed by atoms with Gasteiger partial charge in [-0.3, -0.25) is 0 Å². The fourth-order valence-corrected chi connectivity index (χ4v) is 4.54. The van der Waals surface area contributed by atoms with Gasteiger partial charge >= 0.3 is 0 Å². The molecule has 0 saturated heterocycles. The van der Waals surface area contributed by atoms with Gasteiger partial charge in [0.25, 0.3) is 0 Å². The largest absolute Gasteiger partial charge is 0.362 e. The van der Waals surface area contributed by atoms with E-state index >= 15 is 0 Å². The second-order valence-corrected chi connectivity index (χ2v) is 9.04. The van der Waals surface area contributed by atoms with E-state index in [1.807, 2.05) is 37.2 Å². The Bertz CT molecular complexity index is 1070. The van der Waals surface area contributed by atoms with Gasteiger partial charge < -0.3 is 20.9 Å². The molecule has 6 nitrogen and oxygen atoms in total. The highest BCUT2D eigenvalue weighted by Crippen LogP contribution is 2.26. The van der Waals surface area contributed by atoms with Crippen molar-refractivity contribution in [1.29, 1.82) is 0 Å². The molecule has 3 N–H and O–H groups in total. The smallest absolute Gasteiger partial charge is 0.225 e. The van der Waals surface area contributed by atoms with Crippen molar-refractivity contribution in [3.8, 4) is 0 Å². The van der Waals surface area contributed by atoms with Crippen LogP contribution in [-0.2, 0) is 6.42 Å². The van der Waals surface area contributed by atoms with Gasteiger partial charge in [0.2, 0.25) is 5.95 Å². The number of para-hydroxylation sites is 1. The minimum atomic E-state index is 0.368. The second kappa shape index (κ2) is 10.1. The zero-order valence-electron chi connectivity index (χ0n) is 19.1. The Labute approximate surface area is 195 Å². The molecule has 168 valence electrons. The molecule has 32 heavy (non-hydrogen) atoms. The number of hydrogen-bond donors (Lipinski definition) is 3. The number of benzene rings is 2. The maximum Gasteiger partial charge on any atom is 0.225 e. The molecule has 2 aromatic carbocycles. The molecule has 1 aliphatic carbocycles. The predicted molar refractivity (Wildman–Crippen MR) is 139 cm³/mol. The van der Waals surface area contributed by atoms with Crippen molar-refractivity contribution in [2.45, 2.75) is 51.1 Å². The summed E-state index contributed by atoms with van der Waals surface area (Å²) in [6, 6.07) is 17.3. The van der Waals surface area contributed by atoms with Gasteiger partial charge in [0.05, 0.1) is 5.52 Å². The van der Waals surface area contributed by atoms with Crippen molar-refractivity contribution in [1.82, 2.24) is 15.3 Å². The van der Waals surface area contributed by atoms with Crippen molar-refractivity contribution in [3.63, 3.8) is 0 Å². The fourth-order valence-electron chi connectivity index (χ4n) is 4.25. The molecule has 1 aliphatic rings. The van der Waals surface area contributed by atoms with Crippen molar-refractivity contribution in [3.05, 3.63) is 54.1 Å². The quantitative estimate of drug-likeness (QED) is 0.460. The normalized spacial score (nSPS) is 18.2. The summed E-state index contributed by atoms with van der Waals surface area (Å²) in [5.74, 6) is 1.65. The van der Waals surface area contributed by atoms with Crippen molar-refractivity contribution in [2.75, 3.05) is 29.6 Å². The zero-order valence-corrected chi connectivity index (χ0v) is 19.9. The summed E-state index contributed by atoms with van der Waals surface area (Å²) in [4.78, 5) is 11.6. The van der Waals surface area contributed by atoms with Gasteiger partial charge in [0.1, 0.15) is 5.82 Å². The van der Waals surface area contributed by atoms with Crippen LogP contribution in [0.2, 0.25) is 0 Å². The molecule has 4 rings (SSSR count). The first-order valence-corrected chi connectivity index (χ1v) is 11.8. The Balaban J connectivity index is 1.31. The molecule has 7 heteroatoms. The number of nitrogens with one attached hydrogen (secondary N) is 3. The molecule has 0 radical (unpaired) electrons. The van der Waals surface area contributed by atoms with Gasteiger partial charge in [-0.05, 0) is 74.2 Å². The maximum atomic E-state index is 5.55. The minimum Gasteiger partial charge on any atom is -0.362 e. The van der Waals surface area contributed by atoms with Crippen LogP contribution in [0.3, 0.4) is 0 Å². The molecule has 0 atom stereocenters. The van der Waals surface area contributed by atoms with Crippen LogP contribution in [0.15, 0.2) is 48.5 Å².